The van der Waals surface area contributed by atoms with E-state index in [1.165, 1.54) is 11.6 Å². The Morgan fingerprint density at radius 3 is 2.68 bits per heavy atom. The summed E-state index contributed by atoms with van der Waals surface area (Å²) in [5, 5.41) is 8.66. The van der Waals surface area contributed by atoms with E-state index in [1.807, 2.05) is 6.92 Å². The van der Waals surface area contributed by atoms with E-state index in [0.717, 1.165) is 23.1 Å². The van der Waals surface area contributed by atoms with Crippen molar-refractivity contribution in [2.24, 2.45) is 0 Å². The lowest BCUT2D eigenvalue weighted by molar-refractivity contribution is -0.115. The van der Waals surface area contributed by atoms with Crippen molar-refractivity contribution >= 4 is 40.8 Å². The maximum atomic E-state index is 12.7. The Kier molecular flexibility index (Phi) is 7.18. The van der Waals surface area contributed by atoms with Crippen LogP contribution in [0.15, 0.2) is 43.5 Å². The summed E-state index contributed by atoms with van der Waals surface area (Å²) >= 11 is 6.89. The maximum Gasteiger partial charge on any atom is 0.330 e. The SMILES string of the molecule is CCCCn1c(N)c(N(C)C(=O)CSc2nnc(-c3ccc(Cl)cc3)o2)c(=O)[nH]c1=O. The minimum absolute atomic E-state index is 0.0501. The van der Waals surface area contributed by atoms with Crippen molar-refractivity contribution in [3.05, 3.63) is 50.1 Å². The van der Waals surface area contributed by atoms with Gasteiger partial charge < -0.3 is 15.1 Å². The van der Waals surface area contributed by atoms with Crippen molar-refractivity contribution in [2.45, 2.75) is 31.5 Å². The summed E-state index contributed by atoms with van der Waals surface area (Å²) in [6.45, 7) is 2.31. The van der Waals surface area contributed by atoms with Gasteiger partial charge in [0.25, 0.3) is 10.8 Å². The van der Waals surface area contributed by atoms with Crippen LogP contribution in [0.25, 0.3) is 11.5 Å². The Balaban J connectivity index is 1.72. The highest BCUT2D eigenvalue weighted by Crippen LogP contribution is 2.25. The van der Waals surface area contributed by atoms with Gasteiger partial charge in [0.15, 0.2) is 5.69 Å². The van der Waals surface area contributed by atoms with Crippen LogP contribution in [0.2, 0.25) is 5.02 Å². The molecule has 0 saturated carbocycles. The number of rotatable bonds is 8. The predicted molar refractivity (Wildman–Crippen MR) is 120 cm³/mol. The molecule has 3 N–H and O–H groups in total. The Morgan fingerprint density at radius 2 is 2.00 bits per heavy atom. The number of amides is 1. The van der Waals surface area contributed by atoms with Crippen molar-refractivity contribution in [3.63, 3.8) is 0 Å². The number of thioether (sulfide) groups is 1. The number of carbonyl (C=O) groups excluding carboxylic acids is 1. The Bertz CT molecular complexity index is 1190. The van der Waals surface area contributed by atoms with Gasteiger partial charge in [0.05, 0.1) is 5.75 Å². The molecule has 0 fully saturated rings. The molecule has 0 radical (unpaired) electrons. The molecule has 0 saturated heterocycles. The van der Waals surface area contributed by atoms with Crippen LogP contribution in [-0.4, -0.2) is 38.5 Å². The zero-order valence-corrected chi connectivity index (χ0v) is 18.5. The molecule has 164 valence electrons. The van der Waals surface area contributed by atoms with E-state index in [-0.39, 0.29) is 22.5 Å². The number of H-pyrrole nitrogens is 1. The molecule has 10 nitrogen and oxygen atoms in total. The standard InChI is InChI=1S/C19H21ClN6O4S/c1-3-4-9-26-15(21)14(16(28)22-18(26)29)25(2)13(27)10-31-19-24-23-17(30-19)11-5-7-12(20)8-6-11/h5-8H,3-4,9-10,21H2,1-2H3,(H,22,28,29). The highest BCUT2D eigenvalue weighted by atomic mass is 35.5. The van der Waals surface area contributed by atoms with Crippen LogP contribution in [0.4, 0.5) is 11.5 Å². The van der Waals surface area contributed by atoms with E-state index < -0.39 is 17.2 Å². The van der Waals surface area contributed by atoms with Crippen LogP contribution in [0.5, 0.6) is 0 Å². The third-order valence-electron chi connectivity index (χ3n) is 4.48. The smallest absolute Gasteiger partial charge is 0.330 e. The number of hydrogen-bond donors (Lipinski definition) is 2. The maximum absolute atomic E-state index is 12.7. The van der Waals surface area contributed by atoms with Gasteiger partial charge in [-0.1, -0.05) is 36.7 Å². The summed E-state index contributed by atoms with van der Waals surface area (Å²) < 4.78 is 6.82. The quantitative estimate of drug-likeness (QED) is 0.484. The average Bonchev–Trinajstić information content (AvgIpc) is 3.21. The number of nitrogens with zero attached hydrogens (tertiary/aromatic N) is 4. The van der Waals surface area contributed by atoms with Crippen LogP contribution < -0.4 is 21.9 Å². The predicted octanol–water partition coefficient (Wildman–Crippen LogP) is 2.38. The van der Waals surface area contributed by atoms with Crippen molar-refractivity contribution < 1.29 is 9.21 Å². The monoisotopic (exact) mass is 464 g/mol. The normalized spacial score (nSPS) is 10.9. The molecule has 2 heterocycles. The minimum Gasteiger partial charge on any atom is -0.411 e. The molecule has 0 unspecified atom stereocenters. The molecule has 3 rings (SSSR count). The van der Waals surface area contributed by atoms with Crippen LogP contribution >= 0.6 is 23.4 Å². The number of carbonyl (C=O) groups is 1. The van der Waals surface area contributed by atoms with Gasteiger partial charge in [0.1, 0.15) is 5.82 Å². The molecule has 1 aromatic carbocycles. The molecule has 31 heavy (non-hydrogen) atoms. The van der Waals surface area contributed by atoms with Gasteiger partial charge >= 0.3 is 5.69 Å². The fourth-order valence-corrected chi connectivity index (χ4v) is 3.56. The Hall–Kier alpha value is -3.05. The van der Waals surface area contributed by atoms with Crippen LogP contribution in [0.1, 0.15) is 19.8 Å². The highest BCUT2D eigenvalue weighted by Gasteiger charge is 2.22. The van der Waals surface area contributed by atoms with Crippen LogP contribution in [-0.2, 0) is 11.3 Å². The molecular formula is C19H21ClN6O4S. The summed E-state index contributed by atoms with van der Waals surface area (Å²) in [5.74, 6) is -0.255. The number of nitrogens with two attached hydrogens (primary N) is 1. The first-order valence-electron chi connectivity index (χ1n) is 9.43. The van der Waals surface area contributed by atoms with Crippen molar-refractivity contribution in [3.8, 4) is 11.5 Å². The van der Waals surface area contributed by atoms with Gasteiger partial charge in [-0.2, -0.15) is 0 Å². The Morgan fingerprint density at radius 1 is 1.29 bits per heavy atom. The second-order valence-corrected chi connectivity index (χ2v) is 7.98. The van der Waals surface area contributed by atoms with Gasteiger partial charge in [-0.05, 0) is 30.7 Å². The summed E-state index contributed by atoms with van der Waals surface area (Å²) in [6.07, 6.45) is 1.55. The van der Waals surface area contributed by atoms with Gasteiger partial charge in [-0.25, -0.2) is 4.79 Å². The number of nitrogen functional groups attached to an aromatic ring is 1. The minimum atomic E-state index is -0.723. The fourth-order valence-electron chi connectivity index (χ4n) is 2.76. The zero-order valence-electron chi connectivity index (χ0n) is 16.9. The van der Waals surface area contributed by atoms with Gasteiger partial charge in [-0.15, -0.1) is 10.2 Å². The topological polar surface area (TPSA) is 140 Å². The number of halogens is 1. The third-order valence-corrected chi connectivity index (χ3v) is 5.53. The molecule has 0 aliphatic rings. The van der Waals surface area contributed by atoms with Crippen molar-refractivity contribution in [2.75, 3.05) is 23.4 Å². The first-order chi connectivity index (χ1) is 14.8. The Labute approximate surface area is 186 Å². The first-order valence-corrected chi connectivity index (χ1v) is 10.8. The van der Waals surface area contributed by atoms with Gasteiger partial charge in [0, 0.05) is 24.2 Å². The largest absolute Gasteiger partial charge is 0.411 e. The zero-order chi connectivity index (χ0) is 22.5. The van der Waals surface area contributed by atoms with Crippen molar-refractivity contribution in [1.82, 2.24) is 19.7 Å². The van der Waals surface area contributed by atoms with E-state index in [9.17, 15) is 14.4 Å². The summed E-state index contributed by atoms with van der Waals surface area (Å²) in [4.78, 5) is 40.3. The van der Waals surface area contributed by atoms with Crippen molar-refractivity contribution in [1.29, 1.82) is 0 Å². The summed E-state index contributed by atoms with van der Waals surface area (Å²) in [5.41, 5.74) is 5.34. The highest BCUT2D eigenvalue weighted by molar-refractivity contribution is 7.99. The third kappa shape index (κ3) is 5.17. The van der Waals surface area contributed by atoms with E-state index in [1.54, 1.807) is 24.3 Å². The number of anilines is 2. The number of aromatic nitrogens is 4. The molecule has 2 aromatic heterocycles. The van der Waals surface area contributed by atoms with E-state index in [4.69, 9.17) is 21.8 Å². The first kappa shape index (κ1) is 22.6. The fraction of sp³-hybridized carbons (Fsp3) is 0.316. The van der Waals surface area contributed by atoms with Crippen LogP contribution in [0, 0.1) is 0 Å². The molecule has 0 spiro atoms. The molecule has 12 heteroatoms. The molecule has 0 aliphatic carbocycles. The molecule has 3 aromatic rings. The van der Waals surface area contributed by atoms with Gasteiger partial charge in [-0.3, -0.25) is 19.1 Å². The lowest BCUT2D eigenvalue weighted by atomic mass is 10.2. The number of aromatic amines is 1. The van der Waals surface area contributed by atoms with E-state index in [2.05, 4.69) is 15.2 Å². The molecule has 0 aliphatic heterocycles. The summed E-state index contributed by atoms with van der Waals surface area (Å²) in [7, 11) is 1.42. The molecule has 0 atom stereocenters. The molecule has 0 bridgehead atoms. The number of hydrogen-bond acceptors (Lipinski definition) is 8. The van der Waals surface area contributed by atoms with Crippen LogP contribution in [0.3, 0.4) is 0 Å². The van der Waals surface area contributed by atoms with E-state index >= 15 is 0 Å². The van der Waals surface area contributed by atoms with E-state index in [0.29, 0.717) is 29.4 Å². The second-order valence-electron chi connectivity index (χ2n) is 6.62. The number of unbranched alkanes of at least 4 members (excludes halogenated alkanes) is 1. The van der Waals surface area contributed by atoms with Gasteiger partial charge in [0.2, 0.25) is 11.8 Å². The number of nitrogens with one attached hydrogen (secondary N) is 1. The number of benzene rings is 1. The second kappa shape index (κ2) is 9.84. The summed E-state index contributed by atoms with van der Waals surface area (Å²) in [6, 6.07) is 6.89. The molecule has 1 amide bonds. The molecular weight excluding hydrogens is 444 g/mol. The lowest BCUT2D eigenvalue weighted by Gasteiger charge is -2.20. The average molecular weight is 465 g/mol. The lowest BCUT2D eigenvalue weighted by Crippen LogP contribution is -2.39.